The molecule has 5 heteroatoms. The average molecular weight is 311 g/mol. The highest BCUT2D eigenvalue weighted by molar-refractivity contribution is 5.80. The number of fused-ring (bicyclic) bond motifs is 1. The Labute approximate surface area is 138 Å². The molecular formula is C19H13N5. The van der Waals surface area contributed by atoms with E-state index in [-0.39, 0.29) is 0 Å². The number of rotatable bonds is 2. The Morgan fingerprint density at radius 1 is 0.917 bits per heavy atom. The Bertz CT molecular complexity index is 1060. The van der Waals surface area contributed by atoms with Crippen LogP contribution in [0, 0.1) is 11.3 Å². The van der Waals surface area contributed by atoms with Crippen LogP contribution >= 0.6 is 0 Å². The number of nitrogens with two attached hydrogens (primary N) is 1. The Morgan fingerprint density at radius 2 is 1.54 bits per heavy atom. The molecule has 4 rings (SSSR count). The molecule has 0 atom stereocenters. The normalized spacial score (nSPS) is 10.6. The van der Waals surface area contributed by atoms with Gasteiger partial charge in [0.1, 0.15) is 17.5 Å². The van der Waals surface area contributed by atoms with Crippen molar-refractivity contribution >= 4 is 11.5 Å². The second-order valence-corrected chi connectivity index (χ2v) is 5.37. The lowest BCUT2D eigenvalue weighted by atomic mass is 10.0. The van der Waals surface area contributed by atoms with Gasteiger partial charge in [0, 0.05) is 11.1 Å². The summed E-state index contributed by atoms with van der Waals surface area (Å²) in [6, 6.07) is 23.3. The molecule has 2 aromatic heterocycles. The van der Waals surface area contributed by atoms with Crippen LogP contribution in [-0.2, 0) is 0 Å². The van der Waals surface area contributed by atoms with E-state index >= 15 is 0 Å². The molecule has 0 radical (unpaired) electrons. The molecule has 0 amide bonds. The molecule has 24 heavy (non-hydrogen) atoms. The molecule has 0 aliphatic carbocycles. The van der Waals surface area contributed by atoms with E-state index in [0.717, 1.165) is 16.7 Å². The number of aromatic nitrogens is 3. The van der Waals surface area contributed by atoms with Gasteiger partial charge in [-0.2, -0.15) is 9.78 Å². The van der Waals surface area contributed by atoms with E-state index < -0.39 is 0 Å². The van der Waals surface area contributed by atoms with Gasteiger partial charge in [-0.1, -0.05) is 60.7 Å². The summed E-state index contributed by atoms with van der Waals surface area (Å²) in [6.07, 6.45) is 0. The summed E-state index contributed by atoms with van der Waals surface area (Å²) in [6.45, 7) is 0. The van der Waals surface area contributed by atoms with Gasteiger partial charge in [-0.15, -0.1) is 5.10 Å². The molecule has 0 saturated carbocycles. The van der Waals surface area contributed by atoms with Crippen LogP contribution in [0.4, 0.5) is 5.82 Å². The zero-order chi connectivity index (χ0) is 16.5. The zero-order valence-corrected chi connectivity index (χ0v) is 12.7. The molecule has 0 aliphatic rings. The van der Waals surface area contributed by atoms with Crippen molar-refractivity contribution in [1.29, 1.82) is 5.26 Å². The quantitative estimate of drug-likeness (QED) is 0.614. The number of pyridine rings is 1. The van der Waals surface area contributed by atoms with Crippen molar-refractivity contribution in [3.8, 4) is 28.6 Å². The molecule has 0 saturated heterocycles. The first-order chi connectivity index (χ1) is 11.8. The highest BCUT2D eigenvalue weighted by atomic mass is 15.3. The lowest BCUT2D eigenvalue weighted by Gasteiger charge is -2.07. The van der Waals surface area contributed by atoms with E-state index in [1.807, 2.05) is 60.7 Å². The first kappa shape index (κ1) is 14.0. The fourth-order valence-electron chi connectivity index (χ4n) is 2.72. The Hall–Kier alpha value is -3.65. The molecule has 0 fully saturated rings. The van der Waals surface area contributed by atoms with Crippen molar-refractivity contribution in [3.05, 3.63) is 72.3 Å². The average Bonchev–Trinajstić information content (AvgIpc) is 3.09. The number of hydrogen-bond acceptors (Lipinski definition) is 4. The summed E-state index contributed by atoms with van der Waals surface area (Å²) in [5, 5.41) is 14.1. The summed E-state index contributed by atoms with van der Waals surface area (Å²) in [5.74, 6) is 0.988. The number of anilines is 1. The highest BCUT2D eigenvalue weighted by Gasteiger charge is 2.17. The van der Waals surface area contributed by atoms with Crippen LogP contribution in [0.2, 0.25) is 0 Å². The van der Waals surface area contributed by atoms with Crippen LogP contribution in [0.5, 0.6) is 0 Å². The number of hydrogen-bond donors (Lipinski definition) is 1. The van der Waals surface area contributed by atoms with Gasteiger partial charge in [0.25, 0.3) is 0 Å². The number of benzene rings is 2. The van der Waals surface area contributed by atoms with Crippen LogP contribution in [0.1, 0.15) is 5.56 Å². The molecule has 0 spiro atoms. The molecule has 0 bridgehead atoms. The summed E-state index contributed by atoms with van der Waals surface area (Å²) in [5.41, 5.74) is 9.65. The lowest BCUT2D eigenvalue weighted by Crippen LogP contribution is -2.02. The second-order valence-electron chi connectivity index (χ2n) is 5.37. The van der Waals surface area contributed by atoms with Crippen LogP contribution in [0.15, 0.2) is 66.7 Å². The first-order valence-electron chi connectivity index (χ1n) is 7.48. The molecular weight excluding hydrogens is 298 g/mol. The predicted molar refractivity (Wildman–Crippen MR) is 93.0 cm³/mol. The van der Waals surface area contributed by atoms with Gasteiger partial charge in [0.2, 0.25) is 0 Å². The van der Waals surface area contributed by atoms with Crippen LogP contribution in [-0.4, -0.2) is 14.6 Å². The van der Waals surface area contributed by atoms with Crippen LogP contribution in [0.25, 0.3) is 28.2 Å². The third-order valence-electron chi connectivity index (χ3n) is 3.87. The minimum atomic E-state index is 0.442. The molecule has 114 valence electrons. The summed E-state index contributed by atoms with van der Waals surface area (Å²) in [4.78, 5) is 4.55. The topological polar surface area (TPSA) is 80.0 Å². The van der Waals surface area contributed by atoms with Crippen LogP contribution < -0.4 is 5.73 Å². The van der Waals surface area contributed by atoms with E-state index in [4.69, 9.17) is 5.73 Å². The van der Waals surface area contributed by atoms with Crippen molar-refractivity contribution in [2.24, 2.45) is 0 Å². The lowest BCUT2D eigenvalue weighted by molar-refractivity contribution is 0.977. The van der Waals surface area contributed by atoms with Gasteiger partial charge >= 0.3 is 0 Å². The molecule has 0 unspecified atom stereocenters. The third kappa shape index (κ3) is 2.18. The summed E-state index contributed by atoms with van der Waals surface area (Å²) < 4.78 is 1.52. The standard InChI is InChI=1S/C19H13N5/c20-12-16-15(13-7-3-1-4-8-13)11-17(21)24-19(16)22-18(23-24)14-9-5-2-6-10-14/h1-11H,21H2. The Morgan fingerprint density at radius 3 is 2.17 bits per heavy atom. The van der Waals surface area contributed by atoms with E-state index in [1.165, 1.54) is 4.52 Å². The number of nitrogens with zero attached hydrogens (tertiary/aromatic N) is 4. The monoisotopic (exact) mass is 311 g/mol. The fourth-order valence-corrected chi connectivity index (χ4v) is 2.72. The molecule has 5 nitrogen and oxygen atoms in total. The van der Waals surface area contributed by atoms with Crippen LogP contribution in [0.3, 0.4) is 0 Å². The largest absolute Gasteiger partial charge is 0.384 e. The first-order valence-corrected chi connectivity index (χ1v) is 7.48. The van der Waals surface area contributed by atoms with E-state index in [1.54, 1.807) is 6.07 Å². The van der Waals surface area contributed by atoms with Crippen molar-refractivity contribution in [1.82, 2.24) is 14.6 Å². The highest BCUT2D eigenvalue weighted by Crippen LogP contribution is 2.29. The number of nitriles is 1. The van der Waals surface area contributed by atoms with Crippen molar-refractivity contribution < 1.29 is 0 Å². The second kappa shape index (κ2) is 5.52. The van der Waals surface area contributed by atoms with Crippen molar-refractivity contribution in [2.75, 3.05) is 5.73 Å². The molecule has 2 heterocycles. The van der Waals surface area contributed by atoms with Crippen molar-refractivity contribution in [3.63, 3.8) is 0 Å². The van der Waals surface area contributed by atoms with E-state index in [9.17, 15) is 5.26 Å². The van der Waals surface area contributed by atoms with E-state index in [2.05, 4.69) is 16.2 Å². The maximum absolute atomic E-state index is 9.68. The van der Waals surface area contributed by atoms with Gasteiger partial charge in [-0.05, 0) is 11.6 Å². The SMILES string of the molecule is N#Cc1c(-c2ccccc2)cc(N)n2nc(-c3ccccc3)nc12. The van der Waals surface area contributed by atoms with Crippen molar-refractivity contribution in [2.45, 2.75) is 0 Å². The Kier molecular flexibility index (Phi) is 3.22. The maximum Gasteiger partial charge on any atom is 0.182 e. The minimum Gasteiger partial charge on any atom is -0.384 e. The van der Waals surface area contributed by atoms with Gasteiger partial charge in [-0.3, -0.25) is 0 Å². The van der Waals surface area contributed by atoms with Gasteiger partial charge in [0.15, 0.2) is 11.5 Å². The molecule has 2 aromatic carbocycles. The fraction of sp³-hybridized carbons (Fsp3) is 0. The molecule has 0 aliphatic heterocycles. The van der Waals surface area contributed by atoms with Gasteiger partial charge in [0.05, 0.1) is 0 Å². The molecule has 4 aromatic rings. The summed E-state index contributed by atoms with van der Waals surface area (Å²) >= 11 is 0. The molecule has 2 N–H and O–H groups in total. The predicted octanol–water partition coefficient (Wildman–Crippen LogP) is 3.52. The zero-order valence-electron chi connectivity index (χ0n) is 12.7. The third-order valence-corrected chi connectivity index (χ3v) is 3.87. The maximum atomic E-state index is 9.68. The Balaban J connectivity index is 2.01. The number of nitrogen functional groups attached to an aromatic ring is 1. The smallest absolute Gasteiger partial charge is 0.182 e. The minimum absolute atomic E-state index is 0.442. The summed E-state index contributed by atoms with van der Waals surface area (Å²) in [7, 11) is 0. The van der Waals surface area contributed by atoms with Gasteiger partial charge < -0.3 is 5.73 Å². The van der Waals surface area contributed by atoms with E-state index in [0.29, 0.717) is 22.9 Å². The van der Waals surface area contributed by atoms with Gasteiger partial charge in [-0.25, -0.2) is 4.98 Å².